The Hall–Kier alpha value is -2.03. The Bertz CT molecular complexity index is 991. The number of hydrogen-bond acceptors (Lipinski definition) is 6. The molecule has 1 unspecified atom stereocenters. The highest BCUT2D eigenvalue weighted by Gasteiger charge is 2.54. The fourth-order valence-electron chi connectivity index (χ4n) is 3.75. The molecular weight excluding hydrogens is 386 g/mol. The number of thiazole rings is 1. The Morgan fingerprint density at radius 2 is 2.12 bits per heavy atom. The number of nitrogens with one attached hydrogen (secondary N) is 1. The van der Waals surface area contributed by atoms with Crippen molar-refractivity contribution in [2.45, 2.75) is 31.3 Å². The molecule has 5 rings (SSSR count). The third-order valence-electron chi connectivity index (χ3n) is 4.98. The normalized spacial score (nSPS) is 22.1. The number of carbonyl (C=O) groups is 2. The highest BCUT2D eigenvalue weighted by Crippen LogP contribution is 2.42. The van der Waals surface area contributed by atoms with E-state index in [1.54, 1.807) is 22.7 Å². The number of carbonyl (C=O) groups excluding carboxylic acids is 2. The van der Waals surface area contributed by atoms with Crippen molar-refractivity contribution in [3.05, 3.63) is 49.8 Å². The summed E-state index contributed by atoms with van der Waals surface area (Å²) in [5.41, 5.74) is 1.93. The molecule has 1 spiro atoms. The molecule has 4 heterocycles. The summed E-state index contributed by atoms with van der Waals surface area (Å²) in [5.74, 6) is -0.146. The molecule has 3 aromatic rings. The molecule has 5 nitrogen and oxygen atoms in total. The van der Waals surface area contributed by atoms with Gasteiger partial charge in [0.25, 0.3) is 5.91 Å². The van der Waals surface area contributed by atoms with Gasteiger partial charge in [-0.25, -0.2) is 9.78 Å². The van der Waals surface area contributed by atoms with Gasteiger partial charge in [-0.2, -0.15) is 11.3 Å². The lowest BCUT2D eigenvalue weighted by molar-refractivity contribution is -0.132. The molecule has 0 saturated carbocycles. The topological polar surface area (TPSA) is 62.3 Å². The van der Waals surface area contributed by atoms with Gasteiger partial charge >= 0.3 is 6.03 Å². The van der Waals surface area contributed by atoms with Crippen molar-refractivity contribution in [2.75, 3.05) is 0 Å². The van der Waals surface area contributed by atoms with E-state index in [2.05, 4.69) is 10.3 Å². The number of thiophene rings is 2. The maximum Gasteiger partial charge on any atom is 0.325 e. The van der Waals surface area contributed by atoms with Gasteiger partial charge in [0, 0.05) is 26.8 Å². The van der Waals surface area contributed by atoms with Crippen molar-refractivity contribution in [3.8, 4) is 10.6 Å². The first-order chi connectivity index (χ1) is 12.7. The van der Waals surface area contributed by atoms with Crippen molar-refractivity contribution < 1.29 is 9.59 Å². The first kappa shape index (κ1) is 16.2. The summed E-state index contributed by atoms with van der Waals surface area (Å²) >= 11 is 4.83. The number of urea groups is 1. The Morgan fingerprint density at radius 1 is 1.19 bits per heavy atom. The first-order valence-electron chi connectivity index (χ1n) is 8.35. The number of aromatic nitrogens is 1. The largest absolute Gasteiger partial charge is 0.325 e. The average Bonchev–Trinajstić information content (AvgIpc) is 3.41. The molecule has 0 bridgehead atoms. The van der Waals surface area contributed by atoms with Crippen LogP contribution in [0, 0.1) is 0 Å². The minimum atomic E-state index is -0.878. The predicted octanol–water partition coefficient (Wildman–Crippen LogP) is 4.22. The Balaban J connectivity index is 1.43. The van der Waals surface area contributed by atoms with Crippen LogP contribution in [0.1, 0.15) is 29.0 Å². The first-order valence-corrected chi connectivity index (χ1v) is 11.1. The summed E-state index contributed by atoms with van der Waals surface area (Å²) in [5, 5.41) is 11.9. The van der Waals surface area contributed by atoms with Gasteiger partial charge in [-0.05, 0) is 42.2 Å². The molecule has 2 aliphatic rings. The van der Waals surface area contributed by atoms with Gasteiger partial charge in [0.15, 0.2) is 0 Å². The number of hydrogen-bond donors (Lipinski definition) is 1. The second-order valence-corrected chi connectivity index (χ2v) is 9.13. The minimum Gasteiger partial charge on any atom is -0.319 e. The summed E-state index contributed by atoms with van der Waals surface area (Å²) < 4.78 is 0. The fraction of sp³-hybridized carbons (Fsp3) is 0.278. The molecule has 3 amide bonds. The number of nitrogens with zero attached hydrogens (tertiary/aromatic N) is 2. The van der Waals surface area contributed by atoms with Gasteiger partial charge in [0.2, 0.25) is 0 Å². The number of fused-ring (bicyclic) bond motifs is 2. The SMILES string of the molecule is O=C1NC2(CCCc3sccc32)C(=O)N1Cc1csc(-c2ccsc2)n1. The zero-order valence-corrected chi connectivity index (χ0v) is 16.2. The molecule has 1 fully saturated rings. The molecule has 1 N–H and O–H groups in total. The second kappa shape index (κ2) is 6.00. The lowest BCUT2D eigenvalue weighted by atomic mass is 9.80. The van der Waals surface area contributed by atoms with Gasteiger partial charge < -0.3 is 5.32 Å². The second-order valence-electron chi connectivity index (χ2n) is 6.49. The third-order valence-corrected chi connectivity index (χ3v) is 7.58. The molecule has 3 aromatic heterocycles. The third kappa shape index (κ3) is 2.36. The van der Waals surface area contributed by atoms with E-state index in [9.17, 15) is 9.59 Å². The molecule has 8 heteroatoms. The summed E-state index contributed by atoms with van der Waals surface area (Å²) in [6.45, 7) is 0.215. The van der Waals surface area contributed by atoms with Crippen LogP contribution in [0.5, 0.6) is 0 Å². The summed E-state index contributed by atoms with van der Waals surface area (Å²) in [6.07, 6.45) is 2.55. The van der Waals surface area contributed by atoms with E-state index in [0.717, 1.165) is 34.7 Å². The Morgan fingerprint density at radius 3 is 2.96 bits per heavy atom. The quantitative estimate of drug-likeness (QED) is 0.669. The van der Waals surface area contributed by atoms with E-state index in [1.165, 1.54) is 21.1 Å². The maximum absolute atomic E-state index is 13.2. The smallest absolute Gasteiger partial charge is 0.319 e. The number of amides is 3. The molecule has 1 aliphatic heterocycles. The predicted molar refractivity (Wildman–Crippen MR) is 103 cm³/mol. The number of imide groups is 1. The Kier molecular flexibility index (Phi) is 3.73. The molecule has 26 heavy (non-hydrogen) atoms. The van der Waals surface area contributed by atoms with Crippen LogP contribution in [0.4, 0.5) is 4.79 Å². The molecule has 1 saturated heterocycles. The van der Waals surface area contributed by atoms with Crippen LogP contribution in [0.2, 0.25) is 0 Å². The molecule has 1 atom stereocenters. The van der Waals surface area contributed by atoms with E-state index >= 15 is 0 Å². The summed E-state index contributed by atoms with van der Waals surface area (Å²) in [7, 11) is 0. The van der Waals surface area contributed by atoms with Crippen LogP contribution >= 0.6 is 34.0 Å². The highest BCUT2D eigenvalue weighted by molar-refractivity contribution is 7.14. The molecule has 0 aromatic carbocycles. The summed E-state index contributed by atoms with van der Waals surface area (Å²) in [6, 6.07) is 3.69. The van der Waals surface area contributed by atoms with Gasteiger partial charge in [-0.1, -0.05) is 0 Å². The van der Waals surface area contributed by atoms with Crippen LogP contribution in [0.15, 0.2) is 33.7 Å². The van der Waals surface area contributed by atoms with Gasteiger partial charge in [-0.15, -0.1) is 22.7 Å². The standard InChI is InChI=1S/C18H15N3O2S3/c22-16-18(5-1-2-14-13(18)4-7-25-14)20-17(23)21(16)8-12-10-26-15(19-12)11-3-6-24-9-11/h3-4,6-7,9-10H,1-2,5,8H2,(H,20,23). The van der Waals surface area contributed by atoms with Crippen LogP contribution in [-0.2, 0) is 23.3 Å². The minimum absolute atomic E-state index is 0.146. The van der Waals surface area contributed by atoms with Crippen molar-refractivity contribution >= 4 is 45.9 Å². The lowest BCUT2D eigenvalue weighted by Crippen LogP contribution is -2.46. The van der Waals surface area contributed by atoms with Crippen LogP contribution in [0.25, 0.3) is 10.6 Å². The van der Waals surface area contributed by atoms with Gasteiger partial charge in [0.05, 0.1) is 12.2 Å². The monoisotopic (exact) mass is 401 g/mol. The van der Waals surface area contributed by atoms with Gasteiger partial charge in [0.1, 0.15) is 10.5 Å². The van der Waals surface area contributed by atoms with Crippen molar-refractivity contribution in [1.29, 1.82) is 0 Å². The molecule has 132 valence electrons. The Labute approximate surface area is 162 Å². The lowest BCUT2D eigenvalue weighted by Gasteiger charge is -2.31. The number of aryl methyl sites for hydroxylation is 1. The van der Waals surface area contributed by atoms with Crippen LogP contribution < -0.4 is 5.32 Å². The zero-order chi connectivity index (χ0) is 17.7. The maximum atomic E-state index is 13.2. The molecule has 1 aliphatic carbocycles. The van der Waals surface area contributed by atoms with E-state index in [4.69, 9.17) is 0 Å². The molecule has 0 radical (unpaired) electrons. The van der Waals surface area contributed by atoms with E-state index in [0.29, 0.717) is 6.42 Å². The fourth-order valence-corrected chi connectivity index (χ4v) is 6.27. The number of rotatable bonds is 3. The van der Waals surface area contributed by atoms with Crippen molar-refractivity contribution in [1.82, 2.24) is 15.2 Å². The van der Waals surface area contributed by atoms with Crippen molar-refractivity contribution in [2.24, 2.45) is 0 Å². The average molecular weight is 402 g/mol. The molecular formula is C18H15N3O2S3. The highest BCUT2D eigenvalue weighted by atomic mass is 32.1. The summed E-state index contributed by atoms with van der Waals surface area (Å²) in [4.78, 5) is 33.0. The van der Waals surface area contributed by atoms with Crippen molar-refractivity contribution in [3.63, 3.8) is 0 Å². The van der Waals surface area contributed by atoms with E-state index < -0.39 is 5.54 Å². The van der Waals surface area contributed by atoms with E-state index in [1.807, 2.05) is 33.7 Å². The van der Waals surface area contributed by atoms with E-state index in [-0.39, 0.29) is 18.5 Å². The zero-order valence-electron chi connectivity index (χ0n) is 13.7. The van der Waals surface area contributed by atoms with Crippen LogP contribution in [0.3, 0.4) is 0 Å². The van der Waals surface area contributed by atoms with Gasteiger partial charge in [-0.3, -0.25) is 9.69 Å². The van der Waals surface area contributed by atoms with Crippen LogP contribution in [-0.4, -0.2) is 21.8 Å².